The van der Waals surface area contributed by atoms with Crippen LogP contribution in [-0.2, 0) is 0 Å². The molecule has 5 nitrogen and oxygen atoms in total. The normalized spacial score (nSPS) is 19.6. The molecule has 2 fully saturated rings. The fourth-order valence-electron chi connectivity index (χ4n) is 3.28. The van der Waals surface area contributed by atoms with Crippen molar-refractivity contribution in [1.82, 2.24) is 10.2 Å². The Morgan fingerprint density at radius 2 is 1.91 bits per heavy atom. The summed E-state index contributed by atoms with van der Waals surface area (Å²) in [6.07, 6.45) is 3.47. The van der Waals surface area contributed by atoms with Crippen LogP contribution in [0.15, 0.2) is 24.3 Å². The lowest BCUT2D eigenvalue weighted by Crippen LogP contribution is -2.45. The molecule has 1 aromatic rings. The summed E-state index contributed by atoms with van der Waals surface area (Å²) < 4.78 is 5.11. The molecule has 2 N–H and O–H groups in total. The number of likely N-dealkylation sites (tertiary alicyclic amines) is 1. The van der Waals surface area contributed by atoms with Crippen molar-refractivity contribution in [2.75, 3.05) is 38.6 Å². The Hall–Kier alpha value is -1.46. The summed E-state index contributed by atoms with van der Waals surface area (Å²) in [5, 5.41) is 6.40. The van der Waals surface area contributed by atoms with Crippen molar-refractivity contribution in [1.29, 1.82) is 0 Å². The molecular weight excluding hydrogens is 302 g/mol. The molecular formula is C16H24ClN3O2. The number of anilines is 1. The molecule has 122 valence electrons. The average Bonchev–Trinajstić information content (AvgIpc) is 2.97. The second-order valence-corrected chi connectivity index (χ2v) is 6.07. The molecule has 2 aliphatic heterocycles. The van der Waals surface area contributed by atoms with Crippen molar-refractivity contribution in [3.8, 4) is 5.75 Å². The van der Waals surface area contributed by atoms with E-state index in [1.54, 1.807) is 7.11 Å². The Labute approximate surface area is 137 Å². The zero-order chi connectivity index (χ0) is 14.7. The number of carbonyl (C=O) groups excluding carboxylic acids is 1. The number of rotatable bonds is 2. The van der Waals surface area contributed by atoms with E-state index in [9.17, 15) is 4.79 Å². The lowest BCUT2D eigenvalue weighted by Gasteiger charge is -2.38. The van der Waals surface area contributed by atoms with Crippen LogP contribution in [0.4, 0.5) is 10.5 Å². The van der Waals surface area contributed by atoms with Crippen LogP contribution in [0.2, 0.25) is 0 Å². The largest absolute Gasteiger partial charge is 0.497 e. The lowest BCUT2D eigenvalue weighted by atomic mass is 9.78. The predicted molar refractivity (Wildman–Crippen MR) is 90.0 cm³/mol. The molecule has 1 spiro atoms. The fraction of sp³-hybridized carbons (Fsp3) is 0.562. The van der Waals surface area contributed by atoms with Crippen LogP contribution < -0.4 is 15.4 Å². The highest BCUT2D eigenvalue weighted by Gasteiger charge is 2.37. The molecule has 0 aliphatic carbocycles. The van der Waals surface area contributed by atoms with Gasteiger partial charge in [0.1, 0.15) is 5.75 Å². The second kappa shape index (κ2) is 7.20. The van der Waals surface area contributed by atoms with Gasteiger partial charge in [0, 0.05) is 25.3 Å². The van der Waals surface area contributed by atoms with E-state index in [0.717, 1.165) is 50.5 Å². The summed E-state index contributed by atoms with van der Waals surface area (Å²) in [6.45, 7) is 3.94. The molecule has 6 heteroatoms. The van der Waals surface area contributed by atoms with Crippen LogP contribution in [0.25, 0.3) is 0 Å². The third-order valence-electron chi connectivity index (χ3n) is 4.78. The number of amides is 2. The standard InChI is InChI=1S/C16H23N3O2.ClH/c1-21-14-4-2-13(3-5-14)18-15(20)19-10-7-16(8-11-19)6-9-17-12-16;/h2-5,17H,6-12H2,1H3,(H,18,20);1H. The number of nitrogens with one attached hydrogen (secondary N) is 2. The molecule has 2 saturated heterocycles. The first-order valence-electron chi connectivity index (χ1n) is 7.62. The van der Waals surface area contributed by atoms with Crippen molar-refractivity contribution in [2.24, 2.45) is 5.41 Å². The van der Waals surface area contributed by atoms with Gasteiger partial charge in [-0.2, -0.15) is 0 Å². The maximum absolute atomic E-state index is 12.3. The van der Waals surface area contributed by atoms with Gasteiger partial charge >= 0.3 is 6.03 Å². The minimum Gasteiger partial charge on any atom is -0.497 e. The Kier molecular flexibility index (Phi) is 5.53. The minimum absolute atomic E-state index is 0. The van der Waals surface area contributed by atoms with Crippen molar-refractivity contribution >= 4 is 24.1 Å². The number of nitrogens with zero attached hydrogens (tertiary/aromatic N) is 1. The van der Waals surface area contributed by atoms with Crippen molar-refractivity contribution in [3.63, 3.8) is 0 Å². The number of methoxy groups -OCH3 is 1. The number of piperidine rings is 1. The van der Waals surface area contributed by atoms with E-state index in [4.69, 9.17) is 4.74 Å². The van der Waals surface area contributed by atoms with Crippen molar-refractivity contribution in [3.05, 3.63) is 24.3 Å². The van der Waals surface area contributed by atoms with Gasteiger partial charge in [-0.05, 0) is 55.5 Å². The van der Waals surface area contributed by atoms with Gasteiger partial charge in [-0.25, -0.2) is 4.79 Å². The number of halogens is 1. The van der Waals surface area contributed by atoms with E-state index in [1.165, 1.54) is 6.42 Å². The monoisotopic (exact) mass is 325 g/mol. The Bertz CT molecular complexity index is 491. The number of benzene rings is 1. The molecule has 3 rings (SSSR count). The van der Waals surface area contributed by atoms with E-state index >= 15 is 0 Å². The van der Waals surface area contributed by atoms with E-state index in [0.29, 0.717) is 5.41 Å². The molecule has 0 bridgehead atoms. The number of carbonyl (C=O) groups is 1. The summed E-state index contributed by atoms with van der Waals surface area (Å²) in [5.41, 5.74) is 1.25. The van der Waals surface area contributed by atoms with Gasteiger partial charge in [0.25, 0.3) is 0 Å². The quantitative estimate of drug-likeness (QED) is 0.879. The Balaban J connectivity index is 0.00000176. The second-order valence-electron chi connectivity index (χ2n) is 6.07. The van der Waals surface area contributed by atoms with Crippen LogP contribution >= 0.6 is 12.4 Å². The maximum atomic E-state index is 12.3. The van der Waals surface area contributed by atoms with Crippen LogP contribution in [0.5, 0.6) is 5.75 Å². The molecule has 22 heavy (non-hydrogen) atoms. The number of ether oxygens (including phenoxy) is 1. The molecule has 0 saturated carbocycles. The van der Waals surface area contributed by atoms with Crippen LogP contribution in [-0.4, -0.2) is 44.2 Å². The van der Waals surface area contributed by atoms with E-state index in [-0.39, 0.29) is 18.4 Å². The fourth-order valence-corrected chi connectivity index (χ4v) is 3.28. The molecule has 0 atom stereocenters. The Morgan fingerprint density at radius 1 is 1.23 bits per heavy atom. The van der Waals surface area contributed by atoms with Gasteiger partial charge in [0.05, 0.1) is 7.11 Å². The molecule has 2 amide bonds. The highest BCUT2D eigenvalue weighted by atomic mass is 35.5. The topological polar surface area (TPSA) is 53.6 Å². The summed E-state index contributed by atoms with van der Waals surface area (Å²) in [4.78, 5) is 14.2. The number of hydrogen-bond donors (Lipinski definition) is 2. The number of urea groups is 1. The summed E-state index contributed by atoms with van der Waals surface area (Å²) in [6, 6.07) is 7.43. The summed E-state index contributed by atoms with van der Waals surface area (Å²) in [5.74, 6) is 0.793. The van der Waals surface area contributed by atoms with Crippen LogP contribution in [0.3, 0.4) is 0 Å². The molecule has 2 aliphatic rings. The first kappa shape index (κ1) is 16.9. The van der Waals surface area contributed by atoms with Gasteiger partial charge in [-0.15, -0.1) is 12.4 Å². The Morgan fingerprint density at radius 3 is 2.45 bits per heavy atom. The van der Waals surface area contributed by atoms with E-state index in [1.807, 2.05) is 29.2 Å². The molecule has 0 radical (unpaired) electrons. The number of hydrogen-bond acceptors (Lipinski definition) is 3. The lowest BCUT2D eigenvalue weighted by molar-refractivity contribution is 0.137. The first-order valence-corrected chi connectivity index (χ1v) is 7.62. The maximum Gasteiger partial charge on any atom is 0.321 e. The van der Waals surface area contributed by atoms with Gasteiger partial charge < -0.3 is 20.3 Å². The first-order chi connectivity index (χ1) is 10.2. The summed E-state index contributed by atoms with van der Waals surface area (Å²) in [7, 11) is 1.63. The minimum atomic E-state index is 0. The van der Waals surface area contributed by atoms with Crippen LogP contribution in [0, 0.1) is 5.41 Å². The zero-order valence-corrected chi connectivity index (χ0v) is 13.7. The van der Waals surface area contributed by atoms with Crippen molar-refractivity contribution < 1.29 is 9.53 Å². The average molecular weight is 326 g/mol. The molecule has 2 heterocycles. The van der Waals surface area contributed by atoms with Gasteiger partial charge in [0.15, 0.2) is 0 Å². The van der Waals surface area contributed by atoms with E-state index < -0.39 is 0 Å². The van der Waals surface area contributed by atoms with Crippen molar-refractivity contribution in [2.45, 2.75) is 19.3 Å². The molecule has 0 unspecified atom stereocenters. The zero-order valence-electron chi connectivity index (χ0n) is 12.9. The highest BCUT2D eigenvalue weighted by Crippen LogP contribution is 2.36. The molecule has 1 aromatic carbocycles. The SMILES string of the molecule is COc1ccc(NC(=O)N2CCC3(CCNC3)CC2)cc1.Cl. The van der Waals surface area contributed by atoms with Gasteiger partial charge in [-0.3, -0.25) is 0 Å². The van der Waals surface area contributed by atoms with Gasteiger partial charge in [0.2, 0.25) is 0 Å². The van der Waals surface area contributed by atoms with Crippen LogP contribution in [0.1, 0.15) is 19.3 Å². The summed E-state index contributed by atoms with van der Waals surface area (Å²) >= 11 is 0. The molecule has 0 aromatic heterocycles. The third-order valence-corrected chi connectivity index (χ3v) is 4.78. The third kappa shape index (κ3) is 3.65. The van der Waals surface area contributed by atoms with E-state index in [2.05, 4.69) is 10.6 Å². The highest BCUT2D eigenvalue weighted by molar-refractivity contribution is 5.89. The smallest absolute Gasteiger partial charge is 0.321 e. The van der Waals surface area contributed by atoms with Gasteiger partial charge in [-0.1, -0.05) is 0 Å². The predicted octanol–water partition coefficient (Wildman–Crippen LogP) is 2.72.